The minimum Gasteiger partial charge on any atom is -0.300 e. The highest BCUT2D eigenvalue weighted by molar-refractivity contribution is 5.94. The molecule has 13 heavy (non-hydrogen) atoms. The standard InChI is InChI=1S/C10H16N2O/c1-2-10(13)9-8-11-4-3-5-12(9)7-6-11/h2,9H,1,3-8H2. The molecule has 0 aliphatic carbocycles. The zero-order valence-electron chi connectivity index (χ0n) is 7.91. The molecule has 0 spiro atoms. The Morgan fingerprint density at radius 1 is 1.31 bits per heavy atom. The van der Waals surface area contributed by atoms with Gasteiger partial charge in [-0.05, 0) is 19.0 Å². The largest absolute Gasteiger partial charge is 0.300 e. The van der Waals surface area contributed by atoms with Gasteiger partial charge in [-0.15, -0.1) is 0 Å². The number of nitrogens with zero attached hydrogens (tertiary/aromatic N) is 2. The maximum Gasteiger partial charge on any atom is 0.173 e. The molecule has 3 heterocycles. The van der Waals surface area contributed by atoms with E-state index in [0.29, 0.717) is 0 Å². The second-order valence-corrected chi connectivity index (χ2v) is 3.81. The highest BCUT2D eigenvalue weighted by Gasteiger charge is 2.32. The number of hydrogen-bond donors (Lipinski definition) is 0. The lowest BCUT2D eigenvalue weighted by Gasteiger charge is -2.35. The van der Waals surface area contributed by atoms with Gasteiger partial charge in [-0.3, -0.25) is 14.6 Å². The maximum atomic E-state index is 11.5. The Morgan fingerprint density at radius 3 is 2.92 bits per heavy atom. The fourth-order valence-electron chi connectivity index (χ4n) is 2.25. The van der Waals surface area contributed by atoms with Crippen LogP contribution in [-0.4, -0.2) is 54.3 Å². The van der Waals surface area contributed by atoms with Crippen molar-refractivity contribution >= 4 is 5.78 Å². The van der Waals surface area contributed by atoms with E-state index >= 15 is 0 Å². The average molecular weight is 180 g/mol. The SMILES string of the molecule is C=CC(=O)C1CN2CCCN1CC2. The fourth-order valence-corrected chi connectivity index (χ4v) is 2.25. The van der Waals surface area contributed by atoms with Gasteiger partial charge in [0.2, 0.25) is 0 Å². The summed E-state index contributed by atoms with van der Waals surface area (Å²) in [5.41, 5.74) is 0. The van der Waals surface area contributed by atoms with Gasteiger partial charge in [0.15, 0.2) is 5.78 Å². The molecule has 3 rings (SSSR count). The van der Waals surface area contributed by atoms with Crippen LogP contribution in [0.2, 0.25) is 0 Å². The minimum absolute atomic E-state index is 0.0914. The van der Waals surface area contributed by atoms with E-state index in [2.05, 4.69) is 16.4 Å². The number of carbonyl (C=O) groups is 1. The van der Waals surface area contributed by atoms with Gasteiger partial charge in [0.05, 0.1) is 6.04 Å². The summed E-state index contributed by atoms with van der Waals surface area (Å²) in [5, 5.41) is 0. The van der Waals surface area contributed by atoms with Crippen LogP contribution in [0.25, 0.3) is 0 Å². The Balaban J connectivity index is 2.12. The van der Waals surface area contributed by atoms with Crippen LogP contribution in [0.5, 0.6) is 0 Å². The van der Waals surface area contributed by atoms with Crippen molar-refractivity contribution in [2.45, 2.75) is 12.5 Å². The monoisotopic (exact) mass is 180 g/mol. The van der Waals surface area contributed by atoms with Gasteiger partial charge >= 0.3 is 0 Å². The maximum absolute atomic E-state index is 11.5. The van der Waals surface area contributed by atoms with E-state index < -0.39 is 0 Å². The molecule has 3 fully saturated rings. The molecule has 3 unspecified atom stereocenters. The van der Waals surface area contributed by atoms with Crippen LogP contribution in [0, 0.1) is 0 Å². The van der Waals surface area contributed by atoms with Crippen LogP contribution in [-0.2, 0) is 4.79 Å². The number of carbonyl (C=O) groups excluding carboxylic acids is 1. The molecular weight excluding hydrogens is 164 g/mol. The molecule has 3 atom stereocenters. The Bertz CT molecular complexity index is 223. The summed E-state index contributed by atoms with van der Waals surface area (Å²) in [4.78, 5) is 16.2. The third kappa shape index (κ3) is 1.67. The van der Waals surface area contributed by atoms with E-state index in [9.17, 15) is 4.79 Å². The van der Waals surface area contributed by atoms with Gasteiger partial charge < -0.3 is 0 Å². The number of hydrogen-bond acceptors (Lipinski definition) is 3. The van der Waals surface area contributed by atoms with E-state index in [4.69, 9.17) is 0 Å². The van der Waals surface area contributed by atoms with Gasteiger partial charge in [-0.1, -0.05) is 6.58 Å². The van der Waals surface area contributed by atoms with Crippen LogP contribution in [0.1, 0.15) is 6.42 Å². The molecule has 0 aromatic rings. The number of rotatable bonds is 2. The zero-order valence-corrected chi connectivity index (χ0v) is 7.91. The predicted molar refractivity (Wildman–Crippen MR) is 51.6 cm³/mol. The molecule has 0 amide bonds. The number of ketones is 1. The molecule has 3 aliphatic rings. The van der Waals surface area contributed by atoms with E-state index in [1.165, 1.54) is 12.5 Å². The molecule has 3 heteroatoms. The second kappa shape index (κ2) is 3.60. The molecule has 0 radical (unpaired) electrons. The summed E-state index contributed by atoms with van der Waals surface area (Å²) < 4.78 is 0. The van der Waals surface area contributed by atoms with Crippen molar-refractivity contribution in [3.05, 3.63) is 12.7 Å². The Labute approximate surface area is 79.0 Å². The summed E-state index contributed by atoms with van der Waals surface area (Å²) in [6.07, 6.45) is 2.66. The van der Waals surface area contributed by atoms with Gasteiger partial charge in [0.1, 0.15) is 0 Å². The molecule has 72 valence electrons. The van der Waals surface area contributed by atoms with E-state index in [-0.39, 0.29) is 11.8 Å². The molecule has 0 N–H and O–H groups in total. The molecular formula is C10H16N2O. The topological polar surface area (TPSA) is 23.6 Å². The van der Waals surface area contributed by atoms with Crippen LogP contribution >= 0.6 is 0 Å². The molecule has 0 saturated carbocycles. The Kier molecular flexibility index (Phi) is 2.47. The minimum atomic E-state index is 0.0914. The van der Waals surface area contributed by atoms with E-state index in [1.807, 2.05) is 0 Å². The van der Waals surface area contributed by atoms with Crippen LogP contribution in [0.3, 0.4) is 0 Å². The highest BCUT2D eigenvalue weighted by atomic mass is 16.1. The lowest BCUT2D eigenvalue weighted by Crippen LogP contribution is -2.53. The average Bonchev–Trinajstić information content (AvgIpc) is 2.50. The quantitative estimate of drug-likeness (QED) is 0.564. The predicted octanol–water partition coefficient (Wildman–Crippen LogP) is 0.131. The lowest BCUT2D eigenvalue weighted by atomic mass is 10.1. The van der Waals surface area contributed by atoms with Crippen LogP contribution < -0.4 is 0 Å². The molecule has 2 bridgehead atoms. The summed E-state index contributed by atoms with van der Waals surface area (Å²) >= 11 is 0. The molecule has 0 aromatic carbocycles. The zero-order chi connectivity index (χ0) is 9.26. The summed E-state index contributed by atoms with van der Waals surface area (Å²) in [6.45, 7) is 8.86. The highest BCUT2D eigenvalue weighted by Crippen LogP contribution is 2.16. The van der Waals surface area contributed by atoms with Crippen molar-refractivity contribution in [2.24, 2.45) is 0 Å². The molecule has 0 aromatic heterocycles. The van der Waals surface area contributed by atoms with Crippen molar-refractivity contribution in [3.8, 4) is 0 Å². The van der Waals surface area contributed by atoms with Crippen molar-refractivity contribution in [1.82, 2.24) is 9.80 Å². The molecule has 3 aliphatic heterocycles. The van der Waals surface area contributed by atoms with E-state index in [0.717, 1.165) is 32.7 Å². The Hall–Kier alpha value is -0.670. The first-order valence-corrected chi connectivity index (χ1v) is 4.94. The number of fused-ring (bicyclic) bond motifs is 4. The molecule has 3 nitrogen and oxygen atoms in total. The fraction of sp³-hybridized carbons (Fsp3) is 0.700. The smallest absolute Gasteiger partial charge is 0.173 e. The summed E-state index contributed by atoms with van der Waals surface area (Å²) in [7, 11) is 0. The normalized spacial score (nSPS) is 38.3. The number of piperazine rings is 1. The van der Waals surface area contributed by atoms with Crippen molar-refractivity contribution in [3.63, 3.8) is 0 Å². The van der Waals surface area contributed by atoms with Crippen molar-refractivity contribution in [1.29, 1.82) is 0 Å². The molecule has 3 saturated heterocycles. The third-order valence-electron chi connectivity index (χ3n) is 3.02. The van der Waals surface area contributed by atoms with Crippen LogP contribution in [0.15, 0.2) is 12.7 Å². The van der Waals surface area contributed by atoms with Gasteiger partial charge in [0.25, 0.3) is 0 Å². The lowest BCUT2D eigenvalue weighted by molar-refractivity contribution is -0.121. The van der Waals surface area contributed by atoms with E-state index in [1.54, 1.807) is 0 Å². The first kappa shape index (κ1) is 8.91. The van der Waals surface area contributed by atoms with Crippen molar-refractivity contribution < 1.29 is 4.79 Å². The van der Waals surface area contributed by atoms with Gasteiger partial charge in [0, 0.05) is 26.2 Å². The summed E-state index contributed by atoms with van der Waals surface area (Å²) in [5.74, 6) is 0.187. The second-order valence-electron chi connectivity index (χ2n) is 3.81. The van der Waals surface area contributed by atoms with Crippen molar-refractivity contribution in [2.75, 3.05) is 32.7 Å². The van der Waals surface area contributed by atoms with Gasteiger partial charge in [-0.2, -0.15) is 0 Å². The summed E-state index contributed by atoms with van der Waals surface area (Å²) in [6, 6.07) is 0.0914. The van der Waals surface area contributed by atoms with Gasteiger partial charge in [-0.25, -0.2) is 0 Å². The first-order chi connectivity index (χ1) is 6.31. The Morgan fingerprint density at radius 2 is 2.15 bits per heavy atom. The third-order valence-corrected chi connectivity index (χ3v) is 3.02. The first-order valence-electron chi connectivity index (χ1n) is 4.94. The van der Waals surface area contributed by atoms with Crippen LogP contribution in [0.4, 0.5) is 0 Å².